The lowest BCUT2D eigenvalue weighted by atomic mass is 10.2. The smallest absolute Gasteiger partial charge is 0.246 e. The van der Waals surface area contributed by atoms with Gasteiger partial charge in [-0.25, -0.2) is 8.42 Å². The van der Waals surface area contributed by atoms with Crippen LogP contribution in [0.1, 0.15) is 19.4 Å². The standard InChI is InChI=1S/C20H25N3O3S/c1-15(2)22(3)27(25,26)18-10-8-17(9-11-18)21-14-20(24)23-13-12-16-6-4-5-7-19(16)23/h4-11,15,21H,12-14H2,1-3H3. The molecular formula is C20H25N3O3S. The van der Waals surface area contributed by atoms with E-state index in [4.69, 9.17) is 0 Å². The van der Waals surface area contributed by atoms with Gasteiger partial charge in [0, 0.05) is 31.0 Å². The summed E-state index contributed by atoms with van der Waals surface area (Å²) in [6.45, 7) is 4.51. The van der Waals surface area contributed by atoms with Crippen LogP contribution in [0.2, 0.25) is 0 Å². The van der Waals surface area contributed by atoms with Crippen molar-refractivity contribution in [1.29, 1.82) is 0 Å². The van der Waals surface area contributed by atoms with Crippen molar-refractivity contribution in [2.45, 2.75) is 31.2 Å². The number of sulfonamides is 1. The Hall–Kier alpha value is -2.38. The van der Waals surface area contributed by atoms with E-state index in [1.165, 1.54) is 9.87 Å². The predicted molar refractivity (Wildman–Crippen MR) is 108 cm³/mol. The molecule has 0 saturated carbocycles. The first-order valence-corrected chi connectivity index (χ1v) is 10.4. The third kappa shape index (κ3) is 3.99. The summed E-state index contributed by atoms with van der Waals surface area (Å²) in [6.07, 6.45) is 0.873. The Balaban J connectivity index is 1.64. The van der Waals surface area contributed by atoms with Crippen molar-refractivity contribution in [3.05, 3.63) is 54.1 Å². The van der Waals surface area contributed by atoms with Crippen LogP contribution in [0.5, 0.6) is 0 Å². The molecule has 0 aliphatic carbocycles. The number of carbonyl (C=O) groups excluding carboxylic acids is 1. The van der Waals surface area contributed by atoms with Gasteiger partial charge in [0.2, 0.25) is 15.9 Å². The highest BCUT2D eigenvalue weighted by atomic mass is 32.2. The Morgan fingerprint density at radius 2 is 1.81 bits per heavy atom. The molecule has 0 unspecified atom stereocenters. The van der Waals surface area contributed by atoms with Crippen molar-refractivity contribution in [3.63, 3.8) is 0 Å². The van der Waals surface area contributed by atoms with E-state index in [0.29, 0.717) is 12.2 Å². The Morgan fingerprint density at radius 1 is 1.15 bits per heavy atom. The summed E-state index contributed by atoms with van der Waals surface area (Å²) in [4.78, 5) is 14.6. The van der Waals surface area contributed by atoms with E-state index in [1.54, 1.807) is 36.2 Å². The zero-order valence-corrected chi connectivity index (χ0v) is 16.7. The fraction of sp³-hybridized carbons (Fsp3) is 0.350. The number of fused-ring (bicyclic) bond motifs is 1. The summed E-state index contributed by atoms with van der Waals surface area (Å²) in [7, 11) is -1.93. The molecule has 0 radical (unpaired) electrons. The Labute approximate surface area is 160 Å². The van der Waals surface area contributed by atoms with E-state index in [2.05, 4.69) is 5.32 Å². The lowest BCUT2D eigenvalue weighted by Gasteiger charge is -2.21. The first-order valence-electron chi connectivity index (χ1n) is 9.01. The zero-order valence-electron chi connectivity index (χ0n) is 15.8. The van der Waals surface area contributed by atoms with Crippen LogP contribution in [0.25, 0.3) is 0 Å². The number of benzene rings is 2. The van der Waals surface area contributed by atoms with Gasteiger partial charge in [0.15, 0.2) is 0 Å². The third-order valence-electron chi connectivity index (χ3n) is 4.89. The molecule has 144 valence electrons. The Bertz CT molecular complexity index is 924. The van der Waals surface area contributed by atoms with Gasteiger partial charge in [-0.2, -0.15) is 4.31 Å². The number of anilines is 2. The van der Waals surface area contributed by atoms with Crippen LogP contribution in [0.4, 0.5) is 11.4 Å². The highest BCUT2D eigenvalue weighted by Crippen LogP contribution is 2.27. The lowest BCUT2D eigenvalue weighted by molar-refractivity contribution is -0.116. The topological polar surface area (TPSA) is 69.7 Å². The van der Waals surface area contributed by atoms with Gasteiger partial charge in [-0.1, -0.05) is 18.2 Å². The minimum absolute atomic E-state index is 0.00353. The van der Waals surface area contributed by atoms with Gasteiger partial charge in [-0.05, 0) is 56.2 Å². The normalized spacial score (nSPS) is 13.9. The number of carbonyl (C=O) groups is 1. The molecule has 0 bridgehead atoms. The SMILES string of the molecule is CC(C)N(C)S(=O)(=O)c1ccc(NCC(=O)N2CCc3ccccc32)cc1. The van der Waals surface area contributed by atoms with Gasteiger partial charge < -0.3 is 10.2 Å². The molecule has 0 aromatic heterocycles. The van der Waals surface area contributed by atoms with E-state index in [0.717, 1.165) is 12.1 Å². The van der Waals surface area contributed by atoms with E-state index in [1.807, 2.05) is 38.1 Å². The fourth-order valence-corrected chi connectivity index (χ4v) is 4.43. The van der Waals surface area contributed by atoms with Gasteiger partial charge in [0.1, 0.15) is 0 Å². The summed E-state index contributed by atoms with van der Waals surface area (Å²) in [5.74, 6) is -0.00353. The number of hydrogen-bond acceptors (Lipinski definition) is 4. The van der Waals surface area contributed by atoms with Crippen molar-refractivity contribution in [2.75, 3.05) is 30.4 Å². The number of para-hydroxylation sites is 1. The number of rotatable bonds is 6. The molecule has 1 amide bonds. The molecule has 27 heavy (non-hydrogen) atoms. The van der Waals surface area contributed by atoms with E-state index < -0.39 is 10.0 Å². The summed E-state index contributed by atoms with van der Waals surface area (Å²) in [5, 5.41) is 3.08. The van der Waals surface area contributed by atoms with Crippen molar-refractivity contribution in [1.82, 2.24) is 4.31 Å². The van der Waals surface area contributed by atoms with Gasteiger partial charge >= 0.3 is 0 Å². The average molecular weight is 388 g/mol. The minimum Gasteiger partial charge on any atom is -0.376 e. The Morgan fingerprint density at radius 3 is 2.48 bits per heavy atom. The van der Waals surface area contributed by atoms with Crippen LogP contribution in [-0.2, 0) is 21.2 Å². The van der Waals surface area contributed by atoms with Crippen LogP contribution < -0.4 is 10.2 Å². The number of nitrogens with zero attached hydrogens (tertiary/aromatic N) is 2. The summed E-state index contributed by atoms with van der Waals surface area (Å²) < 4.78 is 26.3. The quantitative estimate of drug-likeness (QED) is 0.827. The minimum atomic E-state index is -3.50. The van der Waals surface area contributed by atoms with Crippen molar-refractivity contribution < 1.29 is 13.2 Å². The fourth-order valence-electron chi connectivity index (χ4n) is 3.06. The molecule has 2 aromatic rings. The van der Waals surface area contributed by atoms with Gasteiger partial charge in [-0.3, -0.25) is 4.79 Å². The summed E-state index contributed by atoms with van der Waals surface area (Å²) >= 11 is 0. The molecule has 1 heterocycles. The third-order valence-corrected chi connectivity index (χ3v) is 6.94. The largest absolute Gasteiger partial charge is 0.376 e. The maximum Gasteiger partial charge on any atom is 0.246 e. The molecule has 7 heteroatoms. The number of hydrogen-bond donors (Lipinski definition) is 1. The molecule has 3 rings (SSSR count). The monoisotopic (exact) mass is 387 g/mol. The van der Waals surface area contributed by atoms with Gasteiger partial charge in [0.05, 0.1) is 11.4 Å². The predicted octanol–water partition coefficient (Wildman–Crippen LogP) is 2.72. The second kappa shape index (κ2) is 7.70. The lowest BCUT2D eigenvalue weighted by Crippen LogP contribution is -2.34. The molecular weight excluding hydrogens is 362 g/mol. The first-order chi connectivity index (χ1) is 12.8. The van der Waals surface area contributed by atoms with E-state index in [9.17, 15) is 13.2 Å². The first kappa shape index (κ1) is 19.4. The van der Waals surface area contributed by atoms with Gasteiger partial charge in [-0.15, -0.1) is 0 Å². The van der Waals surface area contributed by atoms with E-state index in [-0.39, 0.29) is 23.4 Å². The molecule has 0 spiro atoms. The van der Waals surface area contributed by atoms with Crippen LogP contribution in [0.15, 0.2) is 53.4 Å². The van der Waals surface area contributed by atoms with Crippen molar-refractivity contribution >= 4 is 27.3 Å². The highest BCUT2D eigenvalue weighted by molar-refractivity contribution is 7.89. The zero-order chi connectivity index (χ0) is 19.6. The highest BCUT2D eigenvalue weighted by Gasteiger charge is 2.24. The maximum absolute atomic E-state index is 12.5. The molecule has 2 aromatic carbocycles. The molecule has 1 aliphatic rings. The maximum atomic E-state index is 12.5. The van der Waals surface area contributed by atoms with Crippen LogP contribution in [0, 0.1) is 0 Å². The van der Waals surface area contributed by atoms with Crippen LogP contribution in [-0.4, -0.2) is 44.8 Å². The van der Waals surface area contributed by atoms with Crippen molar-refractivity contribution in [2.24, 2.45) is 0 Å². The second-order valence-corrected chi connectivity index (χ2v) is 8.91. The summed E-state index contributed by atoms with van der Waals surface area (Å²) in [5.41, 5.74) is 2.87. The molecule has 0 saturated heterocycles. The van der Waals surface area contributed by atoms with E-state index >= 15 is 0 Å². The molecule has 0 atom stereocenters. The number of amides is 1. The van der Waals surface area contributed by atoms with Crippen molar-refractivity contribution in [3.8, 4) is 0 Å². The van der Waals surface area contributed by atoms with Gasteiger partial charge in [0.25, 0.3) is 0 Å². The average Bonchev–Trinajstić information content (AvgIpc) is 3.10. The summed E-state index contributed by atoms with van der Waals surface area (Å²) in [6, 6.07) is 14.3. The molecule has 1 aliphatic heterocycles. The molecule has 6 nitrogen and oxygen atoms in total. The molecule has 1 N–H and O–H groups in total. The van der Waals surface area contributed by atoms with Crippen LogP contribution >= 0.6 is 0 Å². The number of nitrogens with one attached hydrogen (secondary N) is 1. The second-order valence-electron chi connectivity index (χ2n) is 6.92. The molecule has 0 fully saturated rings. The van der Waals surface area contributed by atoms with Crippen LogP contribution in [0.3, 0.4) is 0 Å². The Kier molecular flexibility index (Phi) is 5.53.